The normalized spacial score (nSPS) is 17.8. The topological polar surface area (TPSA) is 164 Å². The third kappa shape index (κ3) is 6.87. The number of nitriles is 1. The van der Waals surface area contributed by atoms with Crippen molar-refractivity contribution >= 4 is 35.5 Å². The number of nitrogens with one attached hydrogen (secondary N) is 1. The van der Waals surface area contributed by atoms with E-state index in [9.17, 15) is 14.4 Å². The zero-order chi connectivity index (χ0) is 27.8. The summed E-state index contributed by atoms with van der Waals surface area (Å²) in [6.45, 7) is 3.20. The highest BCUT2D eigenvalue weighted by atomic mass is 16.5. The minimum absolute atomic E-state index is 0.123. The van der Waals surface area contributed by atoms with Crippen molar-refractivity contribution in [3.8, 4) is 6.07 Å². The molecule has 12 heteroatoms. The van der Waals surface area contributed by atoms with Gasteiger partial charge in [0.1, 0.15) is 29.5 Å². The molecule has 0 aromatic carbocycles. The summed E-state index contributed by atoms with van der Waals surface area (Å²) in [6.07, 6.45) is 6.97. The molecular formula is C27H33N7O5. The molecular weight excluding hydrogens is 502 g/mol. The lowest BCUT2D eigenvalue weighted by atomic mass is 10.0. The Balaban J connectivity index is 0.000000634. The van der Waals surface area contributed by atoms with E-state index >= 15 is 0 Å². The summed E-state index contributed by atoms with van der Waals surface area (Å²) in [5.74, 6) is 0.474. The maximum Gasteiger partial charge on any atom is 0.328 e. The molecule has 2 aromatic heterocycles. The Bertz CT molecular complexity index is 1240. The molecule has 0 aliphatic carbocycles. The van der Waals surface area contributed by atoms with E-state index in [0.717, 1.165) is 25.2 Å². The molecule has 5 heterocycles. The number of nitrogens with two attached hydrogens (primary N) is 1. The average Bonchev–Trinajstić information content (AvgIpc) is 3.70. The van der Waals surface area contributed by atoms with Gasteiger partial charge >= 0.3 is 6.03 Å². The molecule has 1 unspecified atom stereocenters. The van der Waals surface area contributed by atoms with Gasteiger partial charge in [0.15, 0.2) is 6.29 Å². The Morgan fingerprint density at radius 2 is 2.05 bits per heavy atom. The molecule has 0 bridgehead atoms. The Morgan fingerprint density at radius 3 is 2.67 bits per heavy atom. The first-order valence-electron chi connectivity index (χ1n) is 13.1. The Hall–Kier alpha value is -4.08. The summed E-state index contributed by atoms with van der Waals surface area (Å²) in [4.78, 5) is 48.9. The van der Waals surface area contributed by atoms with E-state index in [2.05, 4.69) is 15.3 Å². The molecule has 12 nitrogen and oxygen atoms in total. The number of fused-ring (bicyclic) bond motifs is 1. The van der Waals surface area contributed by atoms with Crippen LogP contribution in [0.5, 0.6) is 0 Å². The summed E-state index contributed by atoms with van der Waals surface area (Å²) >= 11 is 0. The maximum absolute atomic E-state index is 13.0. The molecule has 3 amide bonds. The number of nitrogen functional groups attached to an aromatic ring is 1. The number of carbonyl (C=O) groups is 3. The molecule has 0 radical (unpaired) electrons. The fraction of sp³-hybridized carbons (Fsp3) is 0.481. The summed E-state index contributed by atoms with van der Waals surface area (Å²) in [7, 11) is 1.67. The van der Waals surface area contributed by atoms with Gasteiger partial charge in [0.25, 0.3) is 5.91 Å². The van der Waals surface area contributed by atoms with Crippen molar-refractivity contribution in [3.63, 3.8) is 0 Å². The number of rotatable bonds is 5. The standard InChI is InChI=1S/C23H25N7O4.C4H8O/c1-29(22(32)19-5-3-7-34-19)12-15-8-14-4-2-6-30(21(14)27-18(15)13-31)23(33)28-20-9-17(25)16(10-24)11-26-20;1-2-4-5-3-1/h8-9,11,13,19H,2-7,12H2,1H3,(H3,25,26,28,33);1-4H2. The first-order chi connectivity index (χ1) is 18.9. The summed E-state index contributed by atoms with van der Waals surface area (Å²) in [6, 6.07) is 4.70. The fourth-order valence-corrected chi connectivity index (χ4v) is 4.66. The number of anilines is 3. The third-order valence-corrected chi connectivity index (χ3v) is 6.74. The molecule has 0 spiro atoms. The molecule has 2 saturated heterocycles. The molecule has 0 saturated carbocycles. The van der Waals surface area contributed by atoms with Crippen LogP contribution < -0.4 is 16.0 Å². The van der Waals surface area contributed by atoms with Gasteiger partial charge in [-0.1, -0.05) is 0 Å². The number of ether oxygens (including phenoxy) is 2. The van der Waals surface area contributed by atoms with Crippen LogP contribution in [-0.2, 0) is 27.2 Å². The van der Waals surface area contributed by atoms with Gasteiger partial charge in [0, 0.05) is 57.8 Å². The average molecular weight is 536 g/mol. The van der Waals surface area contributed by atoms with Crippen molar-refractivity contribution in [1.82, 2.24) is 14.9 Å². The second kappa shape index (κ2) is 13.1. The van der Waals surface area contributed by atoms with Crippen molar-refractivity contribution < 1.29 is 23.9 Å². The number of hydrogen-bond donors (Lipinski definition) is 2. The van der Waals surface area contributed by atoms with E-state index in [4.69, 9.17) is 20.5 Å². The minimum Gasteiger partial charge on any atom is -0.398 e. The van der Waals surface area contributed by atoms with Gasteiger partial charge in [-0.05, 0) is 50.2 Å². The van der Waals surface area contributed by atoms with Crippen LogP contribution in [0.4, 0.5) is 22.1 Å². The SMILES string of the molecule is C1CCOC1.CN(Cc1cc2c(nc1C=O)N(C(=O)Nc1cc(N)c(C#N)cn1)CCC2)C(=O)C1CCCO1. The predicted octanol–water partition coefficient (Wildman–Crippen LogP) is 2.66. The van der Waals surface area contributed by atoms with Crippen LogP contribution in [0.2, 0.25) is 0 Å². The summed E-state index contributed by atoms with van der Waals surface area (Å²) in [5.41, 5.74) is 7.83. The van der Waals surface area contributed by atoms with E-state index in [1.807, 2.05) is 12.1 Å². The van der Waals surface area contributed by atoms with Gasteiger partial charge in [-0.25, -0.2) is 14.8 Å². The monoisotopic (exact) mass is 535 g/mol. The first kappa shape index (κ1) is 27.9. The van der Waals surface area contributed by atoms with Crippen molar-refractivity contribution in [2.75, 3.05) is 49.4 Å². The lowest BCUT2D eigenvalue weighted by molar-refractivity contribution is -0.140. The van der Waals surface area contributed by atoms with Crippen molar-refractivity contribution in [1.29, 1.82) is 5.26 Å². The molecule has 206 valence electrons. The Morgan fingerprint density at radius 1 is 1.26 bits per heavy atom. The quantitative estimate of drug-likeness (QED) is 0.548. The second-order valence-electron chi connectivity index (χ2n) is 9.60. The molecule has 2 aromatic rings. The van der Waals surface area contributed by atoms with Crippen LogP contribution in [0.1, 0.15) is 59.3 Å². The number of aldehydes is 1. The van der Waals surface area contributed by atoms with Crippen molar-refractivity contribution in [3.05, 3.63) is 40.7 Å². The van der Waals surface area contributed by atoms with Gasteiger partial charge in [-0.2, -0.15) is 5.26 Å². The lowest BCUT2D eigenvalue weighted by Crippen LogP contribution is -2.40. The van der Waals surface area contributed by atoms with E-state index in [1.165, 1.54) is 30.0 Å². The van der Waals surface area contributed by atoms with Crippen molar-refractivity contribution in [2.45, 2.75) is 51.2 Å². The van der Waals surface area contributed by atoms with Gasteiger partial charge in [0.05, 0.1) is 11.3 Å². The van der Waals surface area contributed by atoms with Crippen LogP contribution in [0.25, 0.3) is 0 Å². The Kier molecular flexibility index (Phi) is 9.40. The van der Waals surface area contributed by atoms with E-state index in [1.54, 1.807) is 11.9 Å². The Labute approximate surface area is 227 Å². The minimum atomic E-state index is -0.472. The number of likely N-dealkylation sites (N-methyl/N-ethyl adjacent to an activating group) is 1. The highest BCUT2D eigenvalue weighted by Crippen LogP contribution is 2.29. The largest absolute Gasteiger partial charge is 0.398 e. The zero-order valence-electron chi connectivity index (χ0n) is 22.0. The molecule has 2 fully saturated rings. The van der Waals surface area contributed by atoms with Crippen LogP contribution in [0.15, 0.2) is 18.3 Å². The van der Waals surface area contributed by atoms with Gasteiger partial charge < -0.3 is 20.1 Å². The number of nitrogens with zero attached hydrogens (tertiary/aromatic N) is 5. The third-order valence-electron chi connectivity index (χ3n) is 6.74. The highest BCUT2D eigenvalue weighted by Gasteiger charge is 2.29. The maximum atomic E-state index is 13.0. The lowest BCUT2D eigenvalue weighted by Gasteiger charge is -2.29. The summed E-state index contributed by atoms with van der Waals surface area (Å²) < 4.78 is 10.4. The van der Waals surface area contributed by atoms with Gasteiger partial charge in [0.2, 0.25) is 0 Å². The number of hydrogen-bond acceptors (Lipinski definition) is 9. The van der Waals surface area contributed by atoms with Gasteiger partial charge in [-0.3, -0.25) is 19.8 Å². The fourth-order valence-electron chi connectivity index (χ4n) is 4.66. The molecule has 1 atom stereocenters. The molecule has 39 heavy (non-hydrogen) atoms. The van der Waals surface area contributed by atoms with Crippen LogP contribution in [0, 0.1) is 11.3 Å². The molecule has 3 aliphatic heterocycles. The molecule has 5 rings (SSSR count). The van der Waals surface area contributed by atoms with Crippen LogP contribution in [0.3, 0.4) is 0 Å². The number of carbonyl (C=O) groups excluding carboxylic acids is 3. The zero-order valence-corrected chi connectivity index (χ0v) is 22.0. The smallest absolute Gasteiger partial charge is 0.328 e. The molecule has 3 aliphatic rings. The number of urea groups is 1. The number of aromatic nitrogens is 2. The number of aryl methyl sites for hydroxylation is 1. The predicted molar refractivity (Wildman–Crippen MR) is 143 cm³/mol. The van der Waals surface area contributed by atoms with Crippen molar-refractivity contribution in [2.24, 2.45) is 0 Å². The molecule has 3 N–H and O–H groups in total. The summed E-state index contributed by atoms with van der Waals surface area (Å²) in [5, 5.41) is 11.7. The number of amides is 3. The van der Waals surface area contributed by atoms with Gasteiger partial charge in [-0.15, -0.1) is 0 Å². The highest BCUT2D eigenvalue weighted by molar-refractivity contribution is 6.01. The second-order valence-corrected chi connectivity index (χ2v) is 9.60. The van der Waals surface area contributed by atoms with Crippen LogP contribution in [-0.4, -0.2) is 72.6 Å². The number of pyridine rings is 2. The van der Waals surface area contributed by atoms with Crippen LogP contribution >= 0.6 is 0 Å². The van der Waals surface area contributed by atoms with E-state index < -0.39 is 12.1 Å². The van der Waals surface area contributed by atoms with E-state index in [0.29, 0.717) is 50.1 Å². The van der Waals surface area contributed by atoms with E-state index in [-0.39, 0.29) is 35.2 Å². The first-order valence-corrected chi connectivity index (χ1v) is 13.1.